The number of nitrogens with one attached hydrogen (secondary N) is 1. The molecule has 3 aromatic rings. The van der Waals surface area contributed by atoms with Gasteiger partial charge in [0.05, 0.1) is 5.69 Å². The summed E-state index contributed by atoms with van der Waals surface area (Å²) in [6.45, 7) is 22.4. The fraction of sp³-hybridized carbons (Fsp3) is 0.594. The van der Waals surface area contributed by atoms with Crippen LogP contribution in [0.4, 0.5) is 10.1 Å². The highest BCUT2D eigenvalue weighted by Gasteiger charge is 2.16. The quantitative estimate of drug-likeness (QED) is 0.343. The lowest BCUT2D eigenvalue weighted by Crippen LogP contribution is -2.44. The molecule has 0 amide bonds. The van der Waals surface area contributed by atoms with Crippen LogP contribution in [0.15, 0.2) is 24.5 Å². The van der Waals surface area contributed by atoms with Crippen molar-refractivity contribution in [2.75, 3.05) is 31.1 Å². The molecule has 0 bridgehead atoms. The summed E-state index contributed by atoms with van der Waals surface area (Å²) in [4.78, 5) is 21.3. The van der Waals surface area contributed by atoms with E-state index in [1.165, 1.54) is 23.4 Å². The number of hydrogen-bond donors (Lipinski definition) is 1. The summed E-state index contributed by atoms with van der Waals surface area (Å²) in [5.74, 6) is 0.0570. The van der Waals surface area contributed by atoms with E-state index in [0.29, 0.717) is 5.65 Å². The van der Waals surface area contributed by atoms with E-state index >= 15 is 0 Å². The molecule has 0 radical (unpaired) electrons. The summed E-state index contributed by atoms with van der Waals surface area (Å²) in [5.41, 5.74) is 7.49. The van der Waals surface area contributed by atoms with Crippen molar-refractivity contribution in [3.8, 4) is 0 Å². The summed E-state index contributed by atoms with van der Waals surface area (Å²) in [6, 6.07) is 3.83. The van der Waals surface area contributed by atoms with Crippen molar-refractivity contribution in [1.82, 2.24) is 19.7 Å². The molecule has 0 aromatic carbocycles. The molecular formula is C32H52FN5O. The maximum absolute atomic E-state index is 13.5. The van der Waals surface area contributed by atoms with Crippen LogP contribution >= 0.6 is 0 Å². The average molecular weight is 542 g/mol. The molecule has 6 nitrogen and oxygen atoms in total. The largest absolute Gasteiger partial charge is 0.369 e. The molecule has 0 spiro atoms. The van der Waals surface area contributed by atoms with E-state index in [1.54, 1.807) is 17.4 Å². The van der Waals surface area contributed by atoms with Gasteiger partial charge >= 0.3 is 0 Å². The van der Waals surface area contributed by atoms with Crippen LogP contribution in [0.1, 0.15) is 95.4 Å². The molecule has 1 fully saturated rings. The Morgan fingerprint density at radius 3 is 2.10 bits per heavy atom. The topological polar surface area (TPSA) is 62.5 Å². The molecule has 0 aliphatic carbocycles. The molecule has 1 saturated heterocycles. The number of hydrogen-bond acceptors (Lipinski definition) is 5. The smallest absolute Gasteiger partial charge is 0.173 e. The molecule has 0 atom stereocenters. The van der Waals surface area contributed by atoms with Gasteiger partial charge in [-0.3, -0.25) is 4.98 Å². The molecular weight excluding hydrogens is 489 g/mol. The molecule has 0 unspecified atom stereocenters. The van der Waals surface area contributed by atoms with E-state index in [1.807, 2.05) is 40.1 Å². The van der Waals surface area contributed by atoms with Crippen molar-refractivity contribution in [2.24, 2.45) is 0 Å². The standard InChI is InChI=1S/C14H23N3.C11H13FN2.C5H10O.C2H6/c1-4-5-13-12(3)16-11(2)10-14(13)17-8-6-15-7-9-17;1-3-4-9-5-10(12)11-13-8(2)6-14(11)7-9;1-3-4-5(2)6;1-2/h10,15H,4-9H2,1-3H3;5-7H,3-4H2,1-2H3;3-4H2,1-2H3;1-2H3. The fourth-order valence-corrected chi connectivity index (χ4v) is 4.59. The molecule has 3 aromatic heterocycles. The Morgan fingerprint density at radius 1 is 0.923 bits per heavy atom. The number of anilines is 1. The molecule has 0 saturated carbocycles. The summed E-state index contributed by atoms with van der Waals surface area (Å²) in [5, 5.41) is 3.41. The van der Waals surface area contributed by atoms with E-state index in [2.05, 4.69) is 53.9 Å². The zero-order valence-electron chi connectivity index (χ0n) is 26.0. The molecule has 39 heavy (non-hydrogen) atoms. The van der Waals surface area contributed by atoms with Crippen LogP contribution in [0.25, 0.3) is 5.65 Å². The number of fused-ring (bicyclic) bond motifs is 1. The lowest BCUT2D eigenvalue weighted by Gasteiger charge is -2.32. The van der Waals surface area contributed by atoms with Gasteiger partial charge in [-0.15, -0.1) is 0 Å². The van der Waals surface area contributed by atoms with Gasteiger partial charge in [-0.25, -0.2) is 9.37 Å². The third-order valence-corrected chi connectivity index (χ3v) is 6.22. The Morgan fingerprint density at radius 2 is 1.56 bits per heavy atom. The number of pyridine rings is 2. The summed E-state index contributed by atoms with van der Waals surface area (Å²) in [7, 11) is 0. The van der Waals surface area contributed by atoms with Crippen LogP contribution in [-0.4, -0.2) is 46.3 Å². The Bertz CT molecular complexity index is 1140. The number of piperazine rings is 1. The van der Waals surface area contributed by atoms with Crippen LogP contribution in [-0.2, 0) is 17.6 Å². The number of aromatic nitrogens is 3. The SMILES string of the molecule is CC.CCCC(C)=O.CCCc1c(N2CCNCC2)cc(C)nc1C.CCCc1cc(F)c2nc(C)cn2c1. The summed E-state index contributed by atoms with van der Waals surface area (Å²) >= 11 is 0. The van der Waals surface area contributed by atoms with Crippen LogP contribution < -0.4 is 10.2 Å². The molecule has 7 heteroatoms. The number of carbonyl (C=O) groups excluding carboxylic acids is 1. The van der Waals surface area contributed by atoms with Gasteiger partial charge in [-0.1, -0.05) is 47.5 Å². The minimum Gasteiger partial charge on any atom is -0.369 e. The van der Waals surface area contributed by atoms with Crippen molar-refractivity contribution in [3.63, 3.8) is 0 Å². The predicted octanol–water partition coefficient (Wildman–Crippen LogP) is 7.20. The lowest BCUT2D eigenvalue weighted by atomic mass is 10.0. The third kappa shape index (κ3) is 11.5. The lowest BCUT2D eigenvalue weighted by molar-refractivity contribution is -0.117. The minimum absolute atomic E-state index is 0.232. The zero-order chi connectivity index (χ0) is 29.4. The number of halogens is 1. The van der Waals surface area contributed by atoms with Gasteiger partial charge in [-0.2, -0.15) is 0 Å². The normalized spacial score (nSPS) is 12.5. The van der Waals surface area contributed by atoms with Crippen molar-refractivity contribution in [3.05, 3.63) is 58.6 Å². The molecule has 1 N–H and O–H groups in total. The molecule has 4 heterocycles. The molecule has 1 aliphatic heterocycles. The van der Waals surface area contributed by atoms with Gasteiger partial charge in [0.25, 0.3) is 0 Å². The van der Waals surface area contributed by atoms with Gasteiger partial charge in [0.1, 0.15) is 5.78 Å². The molecule has 4 rings (SSSR count). The fourth-order valence-electron chi connectivity index (χ4n) is 4.59. The number of aryl methyl sites for hydroxylation is 4. The van der Waals surface area contributed by atoms with Crippen LogP contribution in [0, 0.1) is 26.6 Å². The highest BCUT2D eigenvalue weighted by atomic mass is 19.1. The van der Waals surface area contributed by atoms with E-state index in [0.717, 1.165) is 75.2 Å². The Hall–Kier alpha value is -2.80. The van der Waals surface area contributed by atoms with Crippen LogP contribution in [0.3, 0.4) is 0 Å². The second-order valence-electron chi connectivity index (χ2n) is 9.85. The van der Waals surface area contributed by atoms with Crippen LogP contribution in [0.2, 0.25) is 0 Å². The number of carbonyl (C=O) groups is 1. The average Bonchev–Trinajstić information content (AvgIpc) is 3.29. The van der Waals surface area contributed by atoms with E-state index in [9.17, 15) is 9.18 Å². The van der Waals surface area contributed by atoms with Crippen molar-refractivity contribution >= 4 is 17.1 Å². The van der Waals surface area contributed by atoms with Crippen molar-refractivity contribution in [2.45, 2.75) is 101 Å². The number of nitrogens with zero attached hydrogens (tertiary/aromatic N) is 4. The second kappa shape index (κ2) is 18.5. The number of rotatable bonds is 7. The minimum atomic E-state index is -0.232. The molecule has 1 aliphatic rings. The Kier molecular flexibility index (Phi) is 16.2. The van der Waals surface area contributed by atoms with Gasteiger partial charge in [0.2, 0.25) is 0 Å². The first kappa shape index (κ1) is 34.2. The summed E-state index contributed by atoms with van der Waals surface area (Å²) < 4.78 is 15.3. The zero-order valence-corrected chi connectivity index (χ0v) is 26.0. The predicted molar refractivity (Wildman–Crippen MR) is 164 cm³/mol. The number of Topliss-reactive ketones (excluding diaryl/α,β-unsaturated/α-hetero) is 1. The maximum Gasteiger partial charge on any atom is 0.173 e. The molecule has 218 valence electrons. The maximum atomic E-state index is 13.5. The van der Waals surface area contributed by atoms with Crippen molar-refractivity contribution in [1.29, 1.82) is 0 Å². The highest BCUT2D eigenvalue weighted by Crippen LogP contribution is 2.25. The third-order valence-electron chi connectivity index (χ3n) is 6.22. The van der Waals surface area contributed by atoms with Crippen molar-refractivity contribution < 1.29 is 9.18 Å². The van der Waals surface area contributed by atoms with E-state index in [-0.39, 0.29) is 11.6 Å². The highest BCUT2D eigenvalue weighted by molar-refractivity contribution is 5.75. The van der Waals surface area contributed by atoms with Gasteiger partial charge in [0, 0.05) is 62.1 Å². The monoisotopic (exact) mass is 541 g/mol. The first-order valence-corrected chi connectivity index (χ1v) is 14.8. The van der Waals surface area contributed by atoms with Gasteiger partial charge in [-0.05, 0) is 70.2 Å². The van der Waals surface area contributed by atoms with Gasteiger partial charge in [0.15, 0.2) is 11.5 Å². The van der Waals surface area contributed by atoms with E-state index in [4.69, 9.17) is 0 Å². The number of ketones is 1. The Labute approximate surface area is 236 Å². The van der Waals surface area contributed by atoms with Gasteiger partial charge < -0.3 is 19.4 Å². The van der Waals surface area contributed by atoms with E-state index < -0.39 is 0 Å². The first-order chi connectivity index (χ1) is 18.7. The second-order valence-corrected chi connectivity index (χ2v) is 9.85. The Balaban J connectivity index is 0.000000311. The first-order valence-electron chi connectivity index (χ1n) is 14.8. The summed E-state index contributed by atoms with van der Waals surface area (Å²) in [6.07, 6.45) is 9.76. The number of imidazole rings is 1. The van der Waals surface area contributed by atoms with Crippen LogP contribution in [0.5, 0.6) is 0 Å².